The predicted molar refractivity (Wildman–Crippen MR) is 105 cm³/mol. The molecule has 1 aliphatic heterocycles. The average Bonchev–Trinajstić information content (AvgIpc) is 2.73. The van der Waals surface area contributed by atoms with E-state index >= 15 is 0 Å². The fourth-order valence-corrected chi connectivity index (χ4v) is 4.45. The van der Waals surface area contributed by atoms with E-state index < -0.39 is 32.7 Å². The second-order valence-corrected chi connectivity index (χ2v) is 8.44. The maximum absolute atomic E-state index is 13.8. The molecule has 9 heteroatoms. The van der Waals surface area contributed by atoms with Crippen molar-refractivity contribution in [2.75, 3.05) is 26.2 Å². The fraction of sp³-hybridized carbons (Fsp3) is 0.300. The first kappa shape index (κ1) is 20.9. The van der Waals surface area contributed by atoms with Gasteiger partial charge in [0.1, 0.15) is 10.7 Å². The van der Waals surface area contributed by atoms with Crippen LogP contribution in [0.15, 0.2) is 59.5 Å². The summed E-state index contributed by atoms with van der Waals surface area (Å²) in [6, 6.07) is 12.8. The highest BCUT2D eigenvalue weighted by Crippen LogP contribution is 2.15. The molecule has 0 aromatic heterocycles. The molecule has 2 aromatic rings. The van der Waals surface area contributed by atoms with Crippen molar-refractivity contribution in [1.29, 1.82) is 0 Å². The molecule has 1 saturated heterocycles. The van der Waals surface area contributed by atoms with Crippen LogP contribution in [0.2, 0.25) is 0 Å². The van der Waals surface area contributed by atoms with E-state index in [4.69, 9.17) is 0 Å². The number of rotatable bonds is 5. The van der Waals surface area contributed by atoms with E-state index in [0.717, 1.165) is 12.1 Å². The van der Waals surface area contributed by atoms with Crippen molar-refractivity contribution in [1.82, 2.24) is 14.5 Å². The Hall–Kier alpha value is -2.78. The van der Waals surface area contributed by atoms with Gasteiger partial charge in [-0.1, -0.05) is 30.3 Å². The lowest BCUT2D eigenvalue weighted by molar-refractivity contribution is -0.134. The lowest BCUT2D eigenvalue weighted by Gasteiger charge is -2.36. The number of halogens is 1. The minimum absolute atomic E-state index is 0.106. The molecule has 2 amide bonds. The van der Waals surface area contributed by atoms with Crippen LogP contribution in [0, 0.1) is 5.82 Å². The monoisotopic (exact) mass is 419 g/mol. The first-order chi connectivity index (χ1) is 13.8. The number of hydrogen-bond donors (Lipinski definition) is 1. The SMILES string of the molecule is C[C@H](NS(=O)(=O)c1ccccc1F)C(=O)N1CCN(C(=O)c2ccccc2)CC1. The molecule has 1 heterocycles. The number of piperazine rings is 1. The maximum atomic E-state index is 13.8. The molecule has 0 spiro atoms. The Labute approximate surface area is 169 Å². The molecule has 0 radical (unpaired) electrons. The molecular weight excluding hydrogens is 397 g/mol. The molecule has 1 N–H and O–H groups in total. The van der Waals surface area contributed by atoms with Crippen LogP contribution >= 0.6 is 0 Å². The van der Waals surface area contributed by atoms with Gasteiger partial charge >= 0.3 is 0 Å². The molecule has 0 saturated carbocycles. The third-order valence-corrected chi connectivity index (χ3v) is 6.30. The van der Waals surface area contributed by atoms with Crippen molar-refractivity contribution < 1.29 is 22.4 Å². The predicted octanol–water partition coefficient (Wildman–Crippen LogP) is 1.48. The number of carbonyl (C=O) groups is 2. The van der Waals surface area contributed by atoms with E-state index in [1.54, 1.807) is 29.2 Å². The molecule has 2 aromatic carbocycles. The van der Waals surface area contributed by atoms with Crippen LogP contribution in [0.1, 0.15) is 17.3 Å². The van der Waals surface area contributed by atoms with Gasteiger partial charge in [0.15, 0.2) is 0 Å². The van der Waals surface area contributed by atoms with E-state index in [2.05, 4.69) is 4.72 Å². The highest BCUT2D eigenvalue weighted by atomic mass is 32.2. The summed E-state index contributed by atoms with van der Waals surface area (Å²) in [4.78, 5) is 27.8. The summed E-state index contributed by atoms with van der Waals surface area (Å²) in [6.45, 7) is 2.72. The number of carbonyl (C=O) groups excluding carboxylic acids is 2. The van der Waals surface area contributed by atoms with Gasteiger partial charge in [0.2, 0.25) is 15.9 Å². The number of nitrogens with one attached hydrogen (secondary N) is 1. The second kappa shape index (κ2) is 8.71. The second-order valence-electron chi connectivity index (χ2n) is 6.76. The van der Waals surface area contributed by atoms with Crippen molar-refractivity contribution in [2.45, 2.75) is 17.9 Å². The van der Waals surface area contributed by atoms with Gasteiger partial charge < -0.3 is 9.80 Å². The molecule has 3 rings (SSSR count). The normalized spacial score (nSPS) is 15.8. The first-order valence-electron chi connectivity index (χ1n) is 9.19. The molecule has 7 nitrogen and oxygen atoms in total. The first-order valence-corrected chi connectivity index (χ1v) is 10.7. The van der Waals surface area contributed by atoms with Gasteiger partial charge in [-0.05, 0) is 31.2 Å². The molecular formula is C20H22FN3O4S. The third-order valence-electron chi connectivity index (χ3n) is 4.73. The van der Waals surface area contributed by atoms with Gasteiger partial charge in [-0.3, -0.25) is 9.59 Å². The molecule has 1 fully saturated rings. The minimum Gasteiger partial charge on any atom is -0.338 e. The highest BCUT2D eigenvalue weighted by molar-refractivity contribution is 7.89. The van der Waals surface area contributed by atoms with Crippen molar-refractivity contribution in [2.24, 2.45) is 0 Å². The molecule has 0 aliphatic carbocycles. The van der Waals surface area contributed by atoms with E-state index in [0.29, 0.717) is 31.7 Å². The van der Waals surface area contributed by atoms with Gasteiger partial charge in [0.05, 0.1) is 6.04 Å². The Kier molecular flexibility index (Phi) is 6.29. The Balaban J connectivity index is 1.59. The number of amides is 2. The molecule has 29 heavy (non-hydrogen) atoms. The standard InChI is InChI=1S/C20H22FN3O4S/c1-15(22-29(27,28)18-10-6-5-9-17(18)21)19(25)23-11-13-24(14-12-23)20(26)16-7-3-2-4-8-16/h2-10,15,22H,11-14H2,1H3/t15-/m0/s1. The van der Waals surface area contributed by atoms with Crippen molar-refractivity contribution in [3.8, 4) is 0 Å². The van der Waals surface area contributed by atoms with Gasteiger partial charge in [-0.15, -0.1) is 0 Å². The van der Waals surface area contributed by atoms with Crippen molar-refractivity contribution >= 4 is 21.8 Å². The summed E-state index contributed by atoms with van der Waals surface area (Å²) >= 11 is 0. The average molecular weight is 419 g/mol. The van der Waals surface area contributed by atoms with Gasteiger partial charge in [-0.25, -0.2) is 12.8 Å². The molecule has 0 bridgehead atoms. The van der Waals surface area contributed by atoms with E-state index in [9.17, 15) is 22.4 Å². The van der Waals surface area contributed by atoms with E-state index in [1.165, 1.54) is 24.0 Å². The van der Waals surface area contributed by atoms with Crippen LogP contribution in [0.3, 0.4) is 0 Å². The Bertz CT molecular complexity index is 990. The lowest BCUT2D eigenvalue weighted by atomic mass is 10.1. The van der Waals surface area contributed by atoms with E-state index in [-0.39, 0.29) is 5.91 Å². The Morgan fingerprint density at radius 1 is 0.931 bits per heavy atom. The zero-order valence-electron chi connectivity index (χ0n) is 15.9. The molecule has 0 unspecified atom stereocenters. The number of nitrogens with zero attached hydrogens (tertiary/aromatic N) is 2. The largest absolute Gasteiger partial charge is 0.338 e. The lowest BCUT2D eigenvalue weighted by Crippen LogP contribution is -2.55. The quantitative estimate of drug-likeness (QED) is 0.795. The smallest absolute Gasteiger partial charge is 0.253 e. The van der Waals surface area contributed by atoms with Crippen molar-refractivity contribution in [3.63, 3.8) is 0 Å². The molecule has 1 aliphatic rings. The number of hydrogen-bond acceptors (Lipinski definition) is 4. The summed E-state index contributed by atoms with van der Waals surface area (Å²) in [5.74, 6) is -1.41. The van der Waals surface area contributed by atoms with E-state index in [1.807, 2.05) is 6.07 Å². The maximum Gasteiger partial charge on any atom is 0.253 e. The zero-order chi connectivity index (χ0) is 21.0. The summed E-state index contributed by atoms with van der Waals surface area (Å²) < 4.78 is 40.8. The summed E-state index contributed by atoms with van der Waals surface area (Å²) in [7, 11) is -4.17. The number of benzene rings is 2. The topological polar surface area (TPSA) is 86.8 Å². The Morgan fingerprint density at radius 3 is 2.10 bits per heavy atom. The Morgan fingerprint density at radius 2 is 1.48 bits per heavy atom. The van der Waals surface area contributed by atoms with Gasteiger partial charge in [0, 0.05) is 31.7 Å². The van der Waals surface area contributed by atoms with Crippen molar-refractivity contribution in [3.05, 3.63) is 66.0 Å². The summed E-state index contributed by atoms with van der Waals surface area (Å²) in [5, 5.41) is 0. The van der Waals surface area contributed by atoms with Gasteiger partial charge in [-0.2, -0.15) is 4.72 Å². The highest BCUT2D eigenvalue weighted by Gasteiger charge is 2.30. The van der Waals surface area contributed by atoms with Crippen LogP contribution in [0.25, 0.3) is 0 Å². The summed E-state index contributed by atoms with van der Waals surface area (Å²) in [6.07, 6.45) is 0. The zero-order valence-corrected chi connectivity index (χ0v) is 16.7. The summed E-state index contributed by atoms with van der Waals surface area (Å²) in [5.41, 5.74) is 0.582. The van der Waals surface area contributed by atoms with Crippen LogP contribution < -0.4 is 4.72 Å². The van der Waals surface area contributed by atoms with Gasteiger partial charge in [0.25, 0.3) is 5.91 Å². The van der Waals surface area contributed by atoms with Crippen LogP contribution in [0.5, 0.6) is 0 Å². The molecule has 1 atom stereocenters. The third kappa shape index (κ3) is 4.80. The fourth-order valence-electron chi connectivity index (χ4n) is 3.18. The van der Waals surface area contributed by atoms with Crippen LogP contribution in [-0.2, 0) is 14.8 Å². The van der Waals surface area contributed by atoms with Crippen LogP contribution in [-0.4, -0.2) is 62.3 Å². The molecule has 154 valence electrons. The number of sulfonamides is 1. The van der Waals surface area contributed by atoms with Crippen LogP contribution in [0.4, 0.5) is 4.39 Å². The minimum atomic E-state index is -4.17.